The highest BCUT2D eigenvalue weighted by Crippen LogP contribution is 2.10. The topological polar surface area (TPSA) is 49.4 Å². The molecule has 1 aliphatic rings. The zero-order chi connectivity index (χ0) is 9.90. The van der Waals surface area contributed by atoms with Crippen LogP contribution in [0, 0.1) is 0 Å². The lowest BCUT2D eigenvalue weighted by Crippen LogP contribution is -2.35. The molecule has 0 amide bonds. The van der Waals surface area contributed by atoms with Gasteiger partial charge in [-0.15, -0.1) is 0 Å². The quantitative estimate of drug-likeness (QED) is 0.662. The van der Waals surface area contributed by atoms with E-state index < -0.39 is 9.84 Å². The van der Waals surface area contributed by atoms with Gasteiger partial charge in [-0.25, -0.2) is 8.42 Å². The zero-order valence-corrected chi connectivity index (χ0v) is 9.10. The Morgan fingerprint density at radius 3 is 2.62 bits per heavy atom. The summed E-state index contributed by atoms with van der Waals surface area (Å²) in [6.45, 7) is 1.82. The van der Waals surface area contributed by atoms with Gasteiger partial charge in [0.05, 0.1) is 11.5 Å². The van der Waals surface area contributed by atoms with E-state index in [2.05, 4.69) is 10.2 Å². The molecule has 0 spiro atoms. The van der Waals surface area contributed by atoms with Crippen molar-refractivity contribution in [2.45, 2.75) is 12.5 Å². The van der Waals surface area contributed by atoms with Crippen molar-refractivity contribution in [3.05, 3.63) is 0 Å². The van der Waals surface area contributed by atoms with E-state index in [0.29, 0.717) is 11.5 Å². The van der Waals surface area contributed by atoms with E-state index in [9.17, 15) is 8.42 Å². The summed E-state index contributed by atoms with van der Waals surface area (Å²) in [5.74, 6) is 0.674. The first kappa shape index (κ1) is 10.9. The van der Waals surface area contributed by atoms with E-state index in [1.54, 1.807) is 0 Å². The van der Waals surface area contributed by atoms with E-state index in [-0.39, 0.29) is 6.04 Å². The summed E-state index contributed by atoms with van der Waals surface area (Å²) >= 11 is 0. The Bertz CT molecular complexity index is 249. The van der Waals surface area contributed by atoms with Gasteiger partial charge in [-0.2, -0.15) is 0 Å². The summed E-state index contributed by atoms with van der Waals surface area (Å²) in [7, 11) is 1.29. The van der Waals surface area contributed by atoms with Crippen molar-refractivity contribution in [2.75, 3.05) is 38.7 Å². The fourth-order valence-electron chi connectivity index (χ4n) is 1.45. The van der Waals surface area contributed by atoms with Gasteiger partial charge in [-0.3, -0.25) is 0 Å². The maximum absolute atomic E-state index is 11.1. The average Bonchev–Trinajstić information content (AvgIpc) is 2.29. The third kappa shape index (κ3) is 4.06. The Morgan fingerprint density at radius 1 is 1.46 bits per heavy atom. The van der Waals surface area contributed by atoms with Crippen LogP contribution in [0.25, 0.3) is 0 Å². The normalized spacial score (nSPS) is 26.8. The van der Waals surface area contributed by atoms with E-state index in [4.69, 9.17) is 0 Å². The molecule has 0 bridgehead atoms. The second kappa shape index (κ2) is 4.39. The van der Waals surface area contributed by atoms with Crippen molar-refractivity contribution in [2.24, 2.45) is 0 Å². The third-order valence-corrected chi connectivity index (χ3v) is 3.99. The van der Waals surface area contributed by atoms with Gasteiger partial charge in [0.15, 0.2) is 9.84 Å². The molecule has 1 atom stereocenters. The van der Waals surface area contributed by atoms with Crippen molar-refractivity contribution in [3.8, 4) is 0 Å². The van der Waals surface area contributed by atoms with E-state index >= 15 is 0 Å². The molecule has 78 valence electrons. The molecule has 0 aliphatic carbocycles. The van der Waals surface area contributed by atoms with E-state index in [1.807, 2.05) is 14.1 Å². The van der Waals surface area contributed by atoms with Crippen LogP contribution in [0.1, 0.15) is 6.42 Å². The highest BCUT2D eigenvalue weighted by atomic mass is 32.2. The van der Waals surface area contributed by atoms with Gasteiger partial charge in [-0.1, -0.05) is 0 Å². The second-order valence-corrected chi connectivity index (χ2v) is 6.09. The molecule has 0 radical (unpaired) electrons. The summed E-state index contributed by atoms with van der Waals surface area (Å²) < 4.78 is 22.2. The van der Waals surface area contributed by atoms with Crippen molar-refractivity contribution in [1.82, 2.24) is 10.2 Å². The molecule has 1 unspecified atom stereocenters. The van der Waals surface area contributed by atoms with Crippen LogP contribution in [0.3, 0.4) is 0 Å². The van der Waals surface area contributed by atoms with Crippen molar-refractivity contribution in [1.29, 1.82) is 0 Å². The van der Waals surface area contributed by atoms with Crippen molar-refractivity contribution in [3.63, 3.8) is 0 Å². The van der Waals surface area contributed by atoms with Gasteiger partial charge in [0, 0.05) is 19.1 Å². The van der Waals surface area contributed by atoms with Gasteiger partial charge < -0.3 is 10.2 Å². The van der Waals surface area contributed by atoms with E-state index in [0.717, 1.165) is 19.5 Å². The maximum Gasteiger partial charge on any atom is 0.151 e. The predicted octanol–water partition coefficient (Wildman–Crippen LogP) is -0.675. The first-order chi connectivity index (χ1) is 5.99. The number of hydrogen-bond donors (Lipinski definition) is 1. The van der Waals surface area contributed by atoms with Gasteiger partial charge in [-0.05, 0) is 20.5 Å². The number of hydrogen-bond acceptors (Lipinski definition) is 4. The molecule has 1 N–H and O–H groups in total. The minimum absolute atomic E-state index is 0.185. The average molecular weight is 206 g/mol. The fourth-order valence-corrected chi connectivity index (χ4v) is 3.16. The van der Waals surface area contributed by atoms with Crippen molar-refractivity contribution < 1.29 is 8.42 Å². The Morgan fingerprint density at radius 2 is 2.15 bits per heavy atom. The molecule has 0 saturated carbocycles. The molecule has 4 nitrogen and oxygen atoms in total. The Labute approximate surface area is 80.2 Å². The van der Waals surface area contributed by atoms with Crippen LogP contribution in [-0.2, 0) is 9.84 Å². The highest BCUT2D eigenvalue weighted by Gasteiger charge is 2.26. The molecule has 0 aromatic carbocycles. The molecule has 0 aromatic rings. The summed E-state index contributed by atoms with van der Waals surface area (Å²) in [4.78, 5) is 2.08. The monoisotopic (exact) mass is 206 g/mol. The molecule has 13 heavy (non-hydrogen) atoms. The van der Waals surface area contributed by atoms with Gasteiger partial charge in [0.1, 0.15) is 0 Å². The van der Waals surface area contributed by atoms with Crippen LogP contribution in [0.2, 0.25) is 0 Å². The Balaban J connectivity index is 2.18. The van der Waals surface area contributed by atoms with Gasteiger partial charge in [0.2, 0.25) is 0 Å². The number of nitrogens with one attached hydrogen (secondary N) is 1. The molecule has 0 aromatic heterocycles. The molecular formula is C8H18N2O2S. The lowest BCUT2D eigenvalue weighted by Gasteiger charge is -2.13. The summed E-state index contributed by atoms with van der Waals surface area (Å²) in [6, 6.07) is 0.185. The molecule has 1 aliphatic heterocycles. The van der Waals surface area contributed by atoms with Gasteiger partial charge in [0.25, 0.3) is 0 Å². The van der Waals surface area contributed by atoms with Crippen molar-refractivity contribution >= 4 is 9.84 Å². The second-order valence-electron chi connectivity index (χ2n) is 3.86. The standard InChI is InChI=1S/C8H18N2O2S/c1-10(2)5-4-9-8-3-6-13(11,12)7-8/h8-9H,3-7H2,1-2H3. The van der Waals surface area contributed by atoms with Crippen LogP contribution in [0.5, 0.6) is 0 Å². The smallest absolute Gasteiger partial charge is 0.151 e. The fraction of sp³-hybridized carbons (Fsp3) is 1.00. The minimum Gasteiger partial charge on any atom is -0.312 e. The molecule has 1 saturated heterocycles. The largest absolute Gasteiger partial charge is 0.312 e. The number of sulfone groups is 1. The lowest BCUT2D eigenvalue weighted by atomic mass is 10.2. The van der Waals surface area contributed by atoms with Crippen LogP contribution in [0.15, 0.2) is 0 Å². The van der Waals surface area contributed by atoms with E-state index in [1.165, 1.54) is 0 Å². The van der Waals surface area contributed by atoms with Crippen LogP contribution in [0.4, 0.5) is 0 Å². The Hall–Kier alpha value is -0.130. The number of likely N-dealkylation sites (N-methyl/N-ethyl adjacent to an activating group) is 1. The zero-order valence-electron chi connectivity index (χ0n) is 8.28. The molecule has 1 rings (SSSR count). The summed E-state index contributed by atoms with van der Waals surface area (Å²) in [5, 5.41) is 3.25. The maximum atomic E-state index is 11.1. The lowest BCUT2D eigenvalue weighted by molar-refractivity contribution is 0.388. The molecule has 1 heterocycles. The molecular weight excluding hydrogens is 188 g/mol. The predicted molar refractivity (Wildman–Crippen MR) is 53.6 cm³/mol. The Kier molecular flexibility index (Phi) is 3.70. The highest BCUT2D eigenvalue weighted by molar-refractivity contribution is 7.91. The van der Waals surface area contributed by atoms with Gasteiger partial charge >= 0.3 is 0 Å². The molecule has 1 fully saturated rings. The first-order valence-electron chi connectivity index (χ1n) is 4.58. The van der Waals surface area contributed by atoms with Crippen LogP contribution < -0.4 is 5.32 Å². The van der Waals surface area contributed by atoms with Crippen LogP contribution in [-0.4, -0.2) is 58.1 Å². The number of nitrogens with zero attached hydrogens (tertiary/aromatic N) is 1. The SMILES string of the molecule is CN(C)CCNC1CCS(=O)(=O)C1. The molecule has 5 heteroatoms. The summed E-state index contributed by atoms with van der Waals surface area (Å²) in [6.07, 6.45) is 0.774. The minimum atomic E-state index is -2.72. The number of rotatable bonds is 4. The van der Waals surface area contributed by atoms with Crippen LogP contribution >= 0.6 is 0 Å². The first-order valence-corrected chi connectivity index (χ1v) is 6.40. The third-order valence-electron chi connectivity index (χ3n) is 2.22. The summed E-state index contributed by atoms with van der Waals surface area (Å²) in [5.41, 5.74) is 0.